The van der Waals surface area contributed by atoms with Gasteiger partial charge < -0.3 is 4.74 Å². The Labute approximate surface area is 165 Å². The molecule has 3 aromatic rings. The third-order valence-corrected chi connectivity index (χ3v) is 5.16. The van der Waals surface area contributed by atoms with Crippen LogP contribution < -0.4 is 4.57 Å². The van der Waals surface area contributed by atoms with Crippen molar-refractivity contribution >= 4 is 22.8 Å². The van der Waals surface area contributed by atoms with Crippen molar-refractivity contribution in [2.45, 2.75) is 47.7 Å². The number of ketones is 1. The summed E-state index contributed by atoms with van der Waals surface area (Å²) >= 11 is 0. The number of rotatable bonds is 6. The maximum absolute atomic E-state index is 13.1. The monoisotopic (exact) mass is 379 g/mol. The summed E-state index contributed by atoms with van der Waals surface area (Å²) in [4.78, 5) is 25.3. The molecule has 0 saturated carbocycles. The van der Waals surface area contributed by atoms with Gasteiger partial charge in [-0.25, -0.2) is 13.9 Å². The van der Waals surface area contributed by atoms with Gasteiger partial charge in [-0.1, -0.05) is 17.7 Å². The smallest absolute Gasteiger partial charge is 0.338 e. The molecule has 0 fully saturated rings. The van der Waals surface area contributed by atoms with Gasteiger partial charge in [0.1, 0.15) is 0 Å². The number of carbonyl (C=O) groups excluding carboxylic acids is 2. The van der Waals surface area contributed by atoms with E-state index in [1.807, 2.05) is 55.7 Å². The van der Waals surface area contributed by atoms with Crippen molar-refractivity contribution in [3.05, 3.63) is 64.5 Å². The van der Waals surface area contributed by atoms with Crippen LogP contribution in [0.1, 0.15) is 51.5 Å². The average Bonchev–Trinajstić information content (AvgIpc) is 2.94. The standard InChI is InChI=1S/C23H27N2O3/c1-6-24-17(5)25(14-22(26)19-12-15(3)8-9-16(19)4)21-13-18(10-11-20(21)24)23(27)28-7-2/h8-13H,6-7,14H2,1-5H3/q+1. The molecule has 0 aliphatic heterocycles. The molecule has 0 bridgehead atoms. The van der Waals surface area contributed by atoms with Crippen molar-refractivity contribution in [1.82, 2.24) is 4.57 Å². The minimum Gasteiger partial charge on any atom is -0.462 e. The average molecular weight is 379 g/mol. The third-order valence-electron chi connectivity index (χ3n) is 5.16. The quantitative estimate of drug-likeness (QED) is 0.370. The lowest BCUT2D eigenvalue weighted by Gasteiger charge is -2.06. The van der Waals surface area contributed by atoms with E-state index in [9.17, 15) is 9.59 Å². The van der Waals surface area contributed by atoms with Crippen LogP contribution in [0.5, 0.6) is 0 Å². The molecule has 0 spiro atoms. The number of nitrogens with zero attached hydrogens (tertiary/aromatic N) is 2. The van der Waals surface area contributed by atoms with Crippen LogP contribution in [0.15, 0.2) is 36.4 Å². The molecular weight excluding hydrogens is 352 g/mol. The van der Waals surface area contributed by atoms with Gasteiger partial charge in [-0.15, -0.1) is 0 Å². The maximum Gasteiger partial charge on any atom is 0.338 e. The van der Waals surface area contributed by atoms with Crippen molar-refractivity contribution in [2.24, 2.45) is 0 Å². The molecule has 1 heterocycles. The number of esters is 1. The second-order valence-electron chi connectivity index (χ2n) is 7.04. The Balaban J connectivity index is 2.09. The third kappa shape index (κ3) is 3.57. The van der Waals surface area contributed by atoms with E-state index in [1.165, 1.54) is 0 Å². The first-order valence-electron chi connectivity index (χ1n) is 9.67. The molecule has 0 saturated heterocycles. The van der Waals surface area contributed by atoms with Crippen molar-refractivity contribution in [2.75, 3.05) is 6.61 Å². The van der Waals surface area contributed by atoms with E-state index in [1.54, 1.807) is 13.0 Å². The van der Waals surface area contributed by atoms with E-state index < -0.39 is 0 Å². The van der Waals surface area contributed by atoms with Crippen molar-refractivity contribution in [3.63, 3.8) is 0 Å². The summed E-state index contributed by atoms with van der Waals surface area (Å²) in [5.74, 6) is 0.696. The highest BCUT2D eigenvalue weighted by Crippen LogP contribution is 2.20. The Hall–Kier alpha value is -2.95. The number of benzene rings is 2. The molecule has 2 aromatic carbocycles. The highest BCUT2D eigenvalue weighted by atomic mass is 16.5. The molecule has 5 nitrogen and oxygen atoms in total. The summed E-state index contributed by atoms with van der Waals surface area (Å²) in [6, 6.07) is 11.5. The number of fused-ring (bicyclic) bond motifs is 1. The predicted molar refractivity (Wildman–Crippen MR) is 109 cm³/mol. The lowest BCUT2D eigenvalue weighted by Crippen LogP contribution is -2.35. The Kier molecular flexibility index (Phi) is 5.63. The van der Waals surface area contributed by atoms with Crippen LogP contribution in [-0.4, -0.2) is 22.9 Å². The van der Waals surface area contributed by atoms with E-state index in [2.05, 4.69) is 11.5 Å². The van der Waals surface area contributed by atoms with Crippen LogP contribution in [0.25, 0.3) is 11.0 Å². The first kappa shape index (κ1) is 19.8. The molecule has 1 aromatic heterocycles. The van der Waals surface area contributed by atoms with Gasteiger partial charge >= 0.3 is 5.97 Å². The summed E-state index contributed by atoms with van der Waals surface area (Å²) in [6.45, 7) is 11.2. The van der Waals surface area contributed by atoms with Gasteiger partial charge in [0.05, 0.1) is 18.7 Å². The summed E-state index contributed by atoms with van der Waals surface area (Å²) < 4.78 is 9.28. The summed E-state index contributed by atoms with van der Waals surface area (Å²) in [5, 5.41) is 0. The first-order chi connectivity index (χ1) is 13.4. The largest absolute Gasteiger partial charge is 0.462 e. The highest BCUT2D eigenvalue weighted by Gasteiger charge is 2.25. The molecule has 0 aliphatic rings. The number of imidazole rings is 1. The Morgan fingerprint density at radius 3 is 2.46 bits per heavy atom. The van der Waals surface area contributed by atoms with Gasteiger partial charge in [0.2, 0.25) is 5.78 Å². The fourth-order valence-corrected chi connectivity index (χ4v) is 3.67. The molecule has 5 heteroatoms. The van der Waals surface area contributed by atoms with E-state index in [-0.39, 0.29) is 18.3 Å². The zero-order chi connectivity index (χ0) is 20.4. The summed E-state index contributed by atoms with van der Waals surface area (Å²) in [7, 11) is 0. The molecule has 28 heavy (non-hydrogen) atoms. The van der Waals surface area contributed by atoms with Crippen LogP contribution in [0.3, 0.4) is 0 Å². The van der Waals surface area contributed by atoms with Gasteiger partial charge in [0, 0.05) is 18.6 Å². The molecule has 0 atom stereocenters. The highest BCUT2D eigenvalue weighted by molar-refractivity contribution is 5.98. The number of carbonyl (C=O) groups is 2. The Morgan fingerprint density at radius 1 is 1.04 bits per heavy atom. The van der Waals surface area contributed by atoms with E-state index in [4.69, 9.17) is 4.74 Å². The molecule has 0 aliphatic carbocycles. The zero-order valence-electron chi connectivity index (χ0n) is 17.2. The predicted octanol–water partition coefficient (Wildman–Crippen LogP) is 3.93. The Bertz CT molecular complexity index is 1060. The second-order valence-corrected chi connectivity index (χ2v) is 7.04. The van der Waals surface area contributed by atoms with Crippen molar-refractivity contribution in [1.29, 1.82) is 0 Å². The molecule has 0 amide bonds. The molecule has 3 rings (SSSR count). The number of ether oxygens (including phenoxy) is 1. The number of aryl methyl sites for hydroxylation is 3. The van der Waals surface area contributed by atoms with E-state index in [0.717, 1.165) is 40.1 Å². The molecule has 146 valence electrons. The van der Waals surface area contributed by atoms with Gasteiger partial charge in [0.15, 0.2) is 17.6 Å². The first-order valence-corrected chi connectivity index (χ1v) is 9.67. The lowest BCUT2D eigenvalue weighted by molar-refractivity contribution is -0.674. The molecule has 0 unspecified atom stereocenters. The Morgan fingerprint density at radius 2 is 1.79 bits per heavy atom. The zero-order valence-corrected chi connectivity index (χ0v) is 17.2. The number of hydrogen-bond donors (Lipinski definition) is 0. The fourth-order valence-electron chi connectivity index (χ4n) is 3.67. The van der Waals surface area contributed by atoms with Crippen LogP contribution in [0.4, 0.5) is 0 Å². The summed E-state index contributed by atoms with van der Waals surface area (Å²) in [5.41, 5.74) is 5.14. The van der Waals surface area contributed by atoms with Gasteiger partial charge in [-0.05, 0) is 51.5 Å². The SMILES string of the molecule is CCOC(=O)c1ccc2c(c1)n(CC(=O)c1cc(C)ccc1C)c(C)[n+]2CC. The number of hydrogen-bond acceptors (Lipinski definition) is 3. The lowest BCUT2D eigenvalue weighted by atomic mass is 10.0. The normalized spacial score (nSPS) is 11.0. The van der Waals surface area contributed by atoms with Crippen LogP contribution in [-0.2, 0) is 17.8 Å². The fraction of sp³-hybridized carbons (Fsp3) is 0.348. The number of aromatic nitrogens is 2. The van der Waals surface area contributed by atoms with E-state index >= 15 is 0 Å². The van der Waals surface area contributed by atoms with Crippen LogP contribution in [0.2, 0.25) is 0 Å². The minimum atomic E-state index is -0.348. The van der Waals surface area contributed by atoms with Gasteiger partial charge in [0.25, 0.3) is 5.82 Å². The minimum absolute atomic E-state index is 0.0611. The van der Waals surface area contributed by atoms with Crippen LogP contribution in [0, 0.1) is 20.8 Å². The molecule has 0 N–H and O–H groups in total. The van der Waals surface area contributed by atoms with Gasteiger partial charge in [-0.3, -0.25) is 4.79 Å². The van der Waals surface area contributed by atoms with Crippen molar-refractivity contribution < 1.29 is 18.9 Å². The summed E-state index contributed by atoms with van der Waals surface area (Å²) in [6.07, 6.45) is 0. The van der Waals surface area contributed by atoms with Crippen LogP contribution >= 0.6 is 0 Å². The van der Waals surface area contributed by atoms with E-state index in [0.29, 0.717) is 12.2 Å². The number of Topliss-reactive ketones (excluding diaryl/α,β-unsaturated/α-hetero) is 1. The van der Waals surface area contributed by atoms with Crippen molar-refractivity contribution in [3.8, 4) is 0 Å². The maximum atomic E-state index is 13.1. The molecule has 0 radical (unpaired) electrons. The second kappa shape index (κ2) is 7.97. The topological polar surface area (TPSA) is 52.2 Å². The molecular formula is C23H27N2O3+. The van der Waals surface area contributed by atoms with Gasteiger partial charge in [-0.2, -0.15) is 0 Å².